The van der Waals surface area contributed by atoms with Crippen molar-refractivity contribution in [3.63, 3.8) is 0 Å². The maximum absolute atomic E-state index is 5.99. The zero-order chi connectivity index (χ0) is 12.8. The van der Waals surface area contributed by atoms with E-state index in [9.17, 15) is 0 Å². The van der Waals surface area contributed by atoms with Crippen molar-refractivity contribution < 1.29 is 0 Å². The summed E-state index contributed by atoms with van der Waals surface area (Å²) in [6.45, 7) is 5.51. The van der Waals surface area contributed by atoms with Crippen molar-refractivity contribution in [2.75, 3.05) is 0 Å². The van der Waals surface area contributed by atoms with Gasteiger partial charge < -0.3 is 10.3 Å². The molecule has 18 heavy (non-hydrogen) atoms. The van der Waals surface area contributed by atoms with E-state index in [-0.39, 0.29) is 5.54 Å². The monoisotopic (exact) mass is 262 g/mol. The van der Waals surface area contributed by atoms with Crippen molar-refractivity contribution in [2.45, 2.75) is 38.8 Å². The van der Waals surface area contributed by atoms with Crippen LogP contribution in [-0.4, -0.2) is 10.5 Å². The SMILES string of the molecule is CC(C)(NCc1c[nH]c2cc(Cl)ccc12)C1CC1. The molecular formula is C15H19ClN2. The van der Waals surface area contributed by atoms with Crippen LogP contribution in [0.3, 0.4) is 0 Å². The number of halogens is 1. The predicted molar refractivity (Wildman–Crippen MR) is 77.0 cm³/mol. The average Bonchev–Trinajstić information content (AvgIpc) is 3.10. The molecule has 0 spiro atoms. The Morgan fingerprint density at radius 1 is 1.39 bits per heavy atom. The van der Waals surface area contributed by atoms with Crippen molar-refractivity contribution in [3.8, 4) is 0 Å². The van der Waals surface area contributed by atoms with Gasteiger partial charge in [0.1, 0.15) is 0 Å². The first-order valence-corrected chi connectivity index (χ1v) is 6.94. The van der Waals surface area contributed by atoms with Crippen LogP contribution in [0.2, 0.25) is 5.02 Å². The molecule has 0 saturated heterocycles. The highest BCUT2D eigenvalue weighted by atomic mass is 35.5. The highest BCUT2D eigenvalue weighted by Crippen LogP contribution is 2.39. The molecule has 0 amide bonds. The number of aromatic amines is 1. The number of hydrogen-bond donors (Lipinski definition) is 2. The molecule has 0 aliphatic heterocycles. The Hall–Kier alpha value is -0.990. The van der Waals surface area contributed by atoms with Crippen LogP contribution in [0.5, 0.6) is 0 Å². The summed E-state index contributed by atoms with van der Waals surface area (Å²) in [5.74, 6) is 0.845. The molecule has 0 bridgehead atoms. The molecule has 1 aromatic carbocycles. The lowest BCUT2D eigenvalue weighted by Gasteiger charge is -2.26. The van der Waals surface area contributed by atoms with Crippen LogP contribution >= 0.6 is 11.6 Å². The molecule has 2 aromatic rings. The minimum absolute atomic E-state index is 0.246. The molecular weight excluding hydrogens is 244 g/mol. The van der Waals surface area contributed by atoms with E-state index >= 15 is 0 Å². The summed E-state index contributed by atoms with van der Waals surface area (Å²) < 4.78 is 0. The second-order valence-electron chi connectivity index (χ2n) is 5.85. The highest BCUT2D eigenvalue weighted by Gasteiger charge is 2.37. The van der Waals surface area contributed by atoms with Crippen LogP contribution in [-0.2, 0) is 6.54 Å². The van der Waals surface area contributed by atoms with E-state index in [1.54, 1.807) is 0 Å². The Balaban J connectivity index is 1.78. The number of fused-ring (bicyclic) bond motifs is 1. The maximum atomic E-state index is 5.99. The molecule has 1 saturated carbocycles. The van der Waals surface area contributed by atoms with Gasteiger partial charge in [0.05, 0.1) is 0 Å². The second kappa shape index (κ2) is 4.29. The van der Waals surface area contributed by atoms with E-state index in [4.69, 9.17) is 11.6 Å². The summed E-state index contributed by atoms with van der Waals surface area (Å²) >= 11 is 5.99. The Bertz CT molecular complexity index is 567. The van der Waals surface area contributed by atoms with Crippen LogP contribution in [0, 0.1) is 5.92 Å². The normalized spacial score (nSPS) is 16.4. The van der Waals surface area contributed by atoms with Gasteiger partial charge >= 0.3 is 0 Å². The molecule has 3 rings (SSSR count). The molecule has 1 heterocycles. The largest absolute Gasteiger partial charge is 0.361 e. The zero-order valence-electron chi connectivity index (χ0n) is 10.9. The van der Waals surface area contributed by atoms with E-state index in [0.717, 1.165) is 23.0 Å². The molecule has 3 heteroatoms. The maximum Gasteiger partial charge on any atom is 0.0472 e. The first-order chi connectivity index (χ1) is 8.56. The quantitative estimate of drug-likeness (QED) is 0.853. The third-order valence-electron chi connectivity index (χ3n) is 4.06. The van der Waals surface area contributed by atoms with E-state index in [2.05, 4.69) is 36.4 Å². The average molecular weight is 263 g/mol. The molecule has 0 unspecified atom stereocenters. The third-order valence-corrected chi connectivity index (χ3v) is 4.30. The predicted octanol–water partition coefficient (Wildman–Crippen LogP) is 4.10. The summed E-state index contributed by atoms with van der Waals surface area (Å²) in [6.07, 6.45) is 4.81. The van der Waals surface area contributed by atoms with Crippen molar-refractivity contribution >= 4 is 22.5 Å². The van der Waals surface area contributed by atoms with Crippen molar-refractivity contribution in [3.05, 3.63) is 35.0 Å². The molecule has 0 radical (unpaired) electrons. The van der Waals surface area contributed by atoms with Gasteiger partial charge in [0.2, 0.25) is 0 Å². The van der Waals surface area contributed by atoms with Crippen LogP contribution < -0.4 is 5.32 Å². The van der Waals surface area contributed by atoms with Crippen molar-refractivity contribution in [2.24, 2.45) is 5.92 Å². The lowest BCUT2D eigenvalue weighted by Crippen LogP contribution is -2.40. The van der Waals surface area contributed by atoms with E-state index in [1.807, 2.05) is 12.1 Å². The highest BCUT2D eigenvalue weighted by molar-refractivity contribution is 6.31. The van der Waals surface area contributed by atoms with Gasteiger partial charge in [-0.3, -0.25) is 0 Å². The topological polar surface area (TPSA) is 27.8 Å². The molecule has 96 valence electrons. The number of H-pyrrole nitrogens is 1. The number of benzene rings is 1. The standard InChI is InChI=1S/C15H19ClN2/c1-15(2,11-3-4-11)18-9-10-8-17-14-7-12(16)5-6-13(10)14/h5-8,11,17-18H,3-4,9H2,1-2H3. The number of nitrogens with one attached hydrogen (secondary N) is 2. The minimum atomic E-state index is 0.246. The van der Waals surface area contributed by atoms with Crippen LogP contribution in [0.4, 0.5) is 0 Å². The summed E-state index contributed by atoms with van der Waals surface area (Å²) in [6, 6.07) is 6.02. The van der Waals surface area contributed by atoms with Gasteiger partial charge in [0.25, 0.3) is 0 Å². The zero-order valence-corrected chi connectivity index (χ0v) is 11.6. The van der Waals surface area contributed by atoms with Crippen LogP contribution in [0.15, 0.2) is 24.4 Å². The molecule has 1 aliphatic carbocycles. The Morgan fingerprint density at radius 3 is 2.89 bits per heavy atom. The Morgan fingerprint density at radius 2 is 2.17 bits per heavy atom. The molecule has 0 atom stereocenters. The number of aromatic nitrogens is 1. The molecule has 2 N–H and O–H groups in total. The molecule has 1 fully saturated rings. The van der Waals surface area contributed by atoms with Crippen LogP contribution in [0.25, 0.3) is 10.9 Å². The summed E-state index contributed by atoms with van der Waals surface area (Å²) in [4.78, 5) is 3.29. The van der Waals surface area contributed by atoms with E-state index < -0.39 is 0 Å². The van der Waals surface area contributed by atoms with E-state index in [0.29, 0.717) is 0 Å². The van der Waals surface area contributed by atoms with Gasteiger partial charge in [0, 0.05) is 34.2 Å². The minimum Gasteiger partial charge on any atom is -0.361 e. The van der Waals surface area contributed by atoms with Crippen molar-refractivity contribution in [1.29, 1.82) is 0 Å². The first-order valence-electron chi connectivity index (χ1n) is 6.57. The summed E-state index contributed by atoms with van der Waals surface area (Å²) in [5.41, 5.74) is 2.68. The van der Waals surface area contributed by atoms with Gasteiger partial charge in [-0.05, 0) is 50.3 Å². The smallest absolute Gasteiger partial charge is 0.0472 e. The lowest BCUT2D eigenvalue weighted by molar-refractivity contribution is 0.340. The van der Waals surface area contributed by atoms with Gasteiger partial charge in [-0.25, -0.2) is 0 Å². The van der Waals surface area contributed by atoms with Gasteiger partial charge in [0.15, 0.2) is 0 Å². The Kier molecular flexibility index (Phi) is 2.87. The van der Waals surface area contributed by atoms with E-state index in [1.165, 1.54) is 23.8 Å². The summed E-state index contributed by atoms with van der Waals surface area (Å²) in [7, 11) is 0. The second-order valence-corrected chi connectivity index (χ2v) is 6.29. The van der Waals surface area contributed by atoms with Crippen molar-refractivity contribution in [1.82, 2.24) is 10.3 Å². The van der Waals surface area contributed by atoms with Gasteiger partial charge in [-0.15, -0.1) is 0 Å². The van der Waals surface area contributed by atoms with Gasteiger partial charge in [-0.1, -0.05) is 17.7 Å². The number of hydrogen-bond acceptors (Lipinski definition) is 1. The van der Waals surface area contributed by atoms with Crippen LogP contribution in [0.1, 0.15) is 32.3 Å². The molecule has 1 aromatic heterocycles. The fraction of sp³-hybridized carbons (Fsp3) is 0.467. The molecule has 2 nitrogen and oxygen atoms in total. The lowest BCUT2D eigenvalue weighted by atomic mass is 9.98. The fourth-order valence-electron chi connectivity index (χ4n) is 2.58. The molecule has 1 aliphatic rings. The number of rotatable bonds is 4. The fourth-order valence-corrected chi connectivity index (χ4v) is 2.75. The Labute approximate surface area is 113 Å². The summed E-state index contributed by atoms with van der Waals surface area (Å²) in [5, 5.41) is 5.72. The first kappa shape index (κ1) is 12.1. The third kappa shape index (κ3) is 2.27. The van der Waals surface area contributed by atoms with Gasteiger partial charge in [-0.2, -0.15) is 0 Å².